The second-order valence-electron chi connectivity index (χ2n) is 3.53. The first-order valence-corrected chi connectivity index (χ1v) is 7.12. The van der Waals surface area contributed by atoms with Gasteiger partial charge in [0, 0.05) is 0 Å². The highest BCUT2D eigenvalue weighted by Crippen LogP contribution is 2.43. The van der Waals surface area contributed by atoms with Gasteiger partial charge in [-0.2, -0.15) is 0 Å². The first-order valence-electron chi connectivity index (χ1n) is 5.36. The van der Waals surface area contributed by atoms with Crippen LogP contribution < -0.4 is 0 Å². The van der Waals surface area contributed by atoms with E-state index in [1.54, 1.807) is 6.08 Å². The Balaban J connectivity index is 2.45. The van der Waals surface area contributed by atoms with Crippen LogP contribution >= 0.6 is 7.60 Å². The third-order valence-electron chi connectivity index (χ3n) is 2.08. The number of unbranched alkanes of at least 4 members (excludes halogenated alkanes) is 1. The summed E-state index contributed by atoms with van der Waals surface area (Å²) in [6, 6.07) is 9.50. The predicted molar refractivity (Wildman–Crippen MR) is 66.2 cm³/mol. The van der Waals surface area contributed by atoms with Gasteiger partial charge in [-0.3, -0.25) is 0 Å². The fraction of sp³-hybridized carbons (Fsp3) is 0.333. The van der Waals surface area contributed by atoms with Crippen LogP contribution in [0.4, 0.5) is 0 Å². The number of hydrogen-bond acceptors (Lipinski definition) is 2. The predicted octanol–water partition coefficient (Wildman–Crippen LogP) is 3.66. The van der Waals surface area contributed by atoms with E-state index in [1.807, 2.05) is 37.3 Å². The zero-order valence-corrected chi connectivity index (χ0v) is 10.3. The molecule has 1 unspecified atom stereocenters. The van der Waals surface area contributed by atoms with E-state index in [1.165, 1.54) is 6.26 Å². The smallest absolute Gasteiger partial charge is 0.376 e. The lowest BCUT2D eigenvalue weighted by Crippen LogP contribution is -1.89. The maximum Gasteiger partial charge on any atom is 0.376 e. The minimum Gasteiger partial charge on any atom is -0.432 e. The van der Waals surface area contributed by atoms with Gasteiger partial charge < -0.3 is 9.42 Å². The molecule has 1 aromatic rings. The van der Waals surface area contributed by atoms with Crippen molar-refractivity contribution in [2.75, 3.05) is 6.16 Å². The molecule has 0 fully saturated rings. The van der Waals surface area contributed by atoms with E-state index >= 15 is 0 Å². The van der Waals surface area contributed by atoms with E-state index in [-0.39, 0.29) is 6.16 Å². The highest BCUT2D eigenvalue weighted by molar-refractivity contribution is 7.52. The van der Waals surface area contributed by atoms with Gasteiger partial charge in [-0.05, 0) is 18.1 Å². The normalized spacial score (nSPS) is 14.9. The Hall–Kier alpha value is -1.05. The molecule has 0 saturated heterocycles. The highest BCUT2D eigenvalue weighted by Gasteiger charge is 2.16. The molecule has 0 aliphatic heterocycles. The zero-order chi connectivity index (χ0) is 11.9. The largest absolute Gasteiger partial charge is 0.432 e. The molecule has 0 saturated carbocycles. The Kier molecular flexibility index (Phi) is 5.30. The van der Waals surface area contributed by atoms with Gasteiger partial charge in [0.15, 0.2) is 0 Å². The fourth-order valence-corrected chi connectivity index (χ4v) is 2.25. The average Bonchev–Trinajstić information content (AvgIpc) is 2.28. The van der Waals surface area contributed by atoms with E-state index in [9.17, 15) is 9.46 Å². The summed E-state index contributed by atoms with van der Waals surface area (Å²) in [5, 5.41) is 0. The van der Waals surface area contributed by atoms with Crippen molar-refractivity contribution in [3.8, 4) is 0 Å². The molecule has 16 heavy (non-hydrogen) atoms. The van der Waals surface area contributed by atoms with Crippen molar-refractivity contribution in [3.05, 3.63) is 42.2 Å². The molecule has 1 rings (SSSR count). The van der Waals surface area contributed by atoms with Crippen LogP contribution in [0.2, 0.25) is 0 Å². The van der Waals surface area contributed by atoms with Crippen molar-refractivity contribution >= 4 is 13.7 Å². The van der Waals surface area contributed by atoms with Crippen molar-refractivity contribution < 1.29 is 14.0 Å². The van der Waals surface area contributed by atoms with Gasteiger partial charge in [0.1, 0.15) is 0 Å². The van der Waals surface area contributed by atoms with Crippen LogP contribution in [0.25, 0.3) is 6.08 Å². The number of benzene rings is 1. The second kappa shape index (κ2) is 6.51. The summed E-state index contributed by atoms with van der Waals surface area (Å²) < 4.78 is 16.3. The molecule has 1 aromatic carbocycles. The minimum absolute atomic E-state index is 0.211. The molecule has 3 nitrogen and oxygen atoms in total. The van der Waals surface area contributed by atoms with Crippen LogP contribution in [0.15, 0.2) is 36.6 Å². The first kappa shape index (κ1) is 13.0. The molecule has 0 spiro atoms. The third-order valence-corrected chi connectivity index (χ3v) is 3.41. The topological polar surface area (TPSA) is 46.5 Å². The highest BCUT2D eigenvalue weighted by atomic mass is 31.2. The van der Waals surface area contributed by atoms with E-state index in [4.69, 9.17) is 4.52 Å². The van der Waals surface area contributed by atoms with Crippen LogP contribution in [0.5, 0.6) is 0 Å². The Morgan fingerprint density at radius 2 is 2.06 bits per heavy atom. The molecular weight excluding hydrogens is 223 g/mol. The molecule has 0 amide bonds. The van der Waals surface area contributed by atoms with Gasteiger partial charge in [0.05, 0.1) is 12.4 Å². The molecule has 0 radical (unpaired) electrons. The van der Waals surface area contributed by atoms with Gasteiger partial charge in [0.2, 0.25) is 0 Å². The summed E-state index contributed by atoms with van der Waals surface area (Å²) in [5.41, 5.74) is 0.943. The first-order chi connectivity index (χ1) is 7.64. The van der Waals surface area contributed by atoms with Crippen LogP contribution in [0.1, 0.15) is 25.3 Å². The number of hydrogen-bond donors (Lipinski definition) is 1. The lowest BCUT2D eigenvalue weighted by molar-refractivity contribution is 0.348. The monoisotopic (exact) mass is 240 g/mol. The molecule has 0 aliphatic carbocycles. The summed E-state index contributed by atoms with van der Waals surface area (Å²) >= 11 is 0. The van der Waals surface area contributed by atoms with Gasteiger partial charge in [-0.25, -0.2) is 4.57 Å². The SMILES string of the molecule is CCCCP(=O)(O)OC=Cc1ccccc1. The van der Waals surface area contributed by atoms with E-state index < -0.39 is 7.60 Å². The van der Waals surface area contributed by atoms with Crippen LogP contribution in [-0.4, -0.2) is 11.1 Å². The van der Waals surface area contributed by atoms with Crippen LogP contribution in [0, 0.1) is 0 Å². The standard InChI is InChI=1S/C12H17O3P/c1-2-3-11-16(13,14)15-10-9-12-7-5-4-6-8-12/h4-10H,2-3,11H2,1H3,(H,13,14). The van der Waals surface area contributed by atoms with Gasteiger partial charge in [-0.15, -0.1) is 0 Å². The molecule has 0 heterocycles. The Morgan fingerprint density at radius 3 is 2.69 bits per heavy atom. The summed E-state index contributed by atoms with van der Waals surface area (Å²) in [7, 11) is -3.43. The Morgan fingerprint density at radius 1 is 1.38 bits per heavy atom. The number of rotatable bonds is 6. The van der Waals surface area contributed by atoms with Gasteiger partial charge >= 0.3 is 7.60 Å². The second-order valence-corrected chi connectivity index (χ2v) is 5.47. The molecule has 0 aromatic heterocycles. The van der Waals surface area contributed by atoms with Crippen molar-refractivity contribution in [2.24, 2.45) is 0 Å². The van der Waals surface area contributed by atoms with E-state index in [2.05, 4.69) is 0 Å². The molecule has 88 valence electrons. The zero-order valence-electron chi connectivity index (χ0n) is 9.37. The van der Waals surface area contributed by atoms with Gasteiger partial charge in [-0.1, -0.05) is 43.7 Å². The molecule has 0 aliphatic rings. The van der Waals surface area contributed by atoms with Gasteiger partial charge in [0.25, 0.3) is 0 Å². The van der Waals surface area contributed by atoms with E-state index in [0.717, 1.165) is 12.0 Å². The lowest BCUT2D eigenvalue weighted by atomic mass is 10.2. The molecule has 4 heteroatoms. The van der Waals surface area contributed by atoms with Crippen molar-refractivity contribution in [2.45, 2.75) is 19.8 Å². The molecule has 1 atom stereocenters. The maximum atomic E-state index is 11.4. The van der Waals surface area contributed by atoms with Crippen molar-refractivity contribution in [1.29, 1.82) is 0 Å². The fourth-order valence-electron chi connectivity index (χ4n) is 1.18. The summed E-state index contributed by atoms with van der Waals surface area (Å²) in [6.07, 6.45) is 4.77. The van der Waals surface area contributed by atoms with Crippen LogP contribution in [-0.2, 0) is 9.09 Å². The Labute approximate surface area is 96.3 Å². The quantitative estimate of drug-likeness (QED) is 0.609. The maximum absolute atomic E-state index is 11.4. The van der Waals surface area contributed by atoms with Crippen molar-refractivity contribution in [1.82, 2.24) is 0 Å². The summed E-state index contributed by atoms with van der Waals surface area (Å²) in [4.78, 5) is 9.41. The average molecular weight is 240 g/mol. The molecule has 0 bridgehead atoms. The Bertz CT molecular complexity index is 373. The summed E-state index contributed by atoms with van der Waals surface area (Å²) in [5.74, 6) is 0. The summed E-state index contributed by atoms with van der Waals surface area (Å²) in [6.45, 7) is 1.97. The van der Waals surface area contributed by atoms with Crippen LogP contribution in [0.3, 0.4) is 0 Å². The molecular formula is C12H17O3P. The lowest BCUT2D eigenvalue weighted by Gasteiger charge is -2.08. The minimum atomic E-state index is -3.43. The third kappa shape index (κ3) is 5.15. The molecule has 1 N–H and O–H groups in total. The van der Waals surface area contributed by atoms with Crippen molar-refractivity contribution in [3.63, 3.8) is 0 Å². The van der Waals surface area contributed by atoms with E-state index in [0.29, 0.717) is 6.42 Å².